The van der Waals surface area contributed by atoms with Crippen LogP contribution in [0.2, 0.25) is 0 Å². The number of nitrogens with zero attached hydrogens (tertiary/aromatic N) is 1. The van der Waals surface area contributed by atoms with E-state index in [2.05, 4.69) is 10.5 Å². The SMILES string of the molecule is Cc1ccc(Oc2ccc(NC(=O)Cc3c(C)noc3C)cc2)cc1. The summed E-state index contributed by atoms with van der Waals surface area (Å²) in [4.78, 5) is 12.2. The van der Waals surface area contributed by atoms with E-state index in [1.165, 1.54) is 5.56 Å². The van der Waals surface area contributed by atoms with Crippen molar-refractivity contribution in [3.8, 4) is 11.5 Å². The summed E-state index contributed by atoms with van der Waals surface area (Å²) in [6.07, 6.45) is 0.239. The minimum absolute atomic E-state index is 0.110. The summed E-state index contributed by atoms with van der Waals surface area (Å²) >= 11 is 0. The van der Waals surface area contributed by atoms with Gasteiger partial charge in [-0.3, -0.25) is 4.79 Å². The average Bonchev–Trinajstić information content (AvgIpc) is 2.90. The summed E-state index contributed by atoms with van der Waals surface area (Å²) < 4.78 is 10.9. The molecule has 0 aliphatic rings. The number of carbonyl (C=O) groups is 1. The van der Waals surface area contributed by atoms with Crippen LogP contribution in [0, 0.1) is 20.8 Å². The van der Waals surface area contributed by atoms with Gasteiger partial charge in [0.2, 0.25) is 5.91 Å². The minimum atomic E-state index is -0.110. The minimum Gasteiger partial charge on any atom is -0.457 e. The molecule has 5 heteroatoms. The van der Waals surface area contributed by atoms with Crippen LogP contribution in [-0.2, 0) is 11.2 Å². The van der Waals surface area contributed by atoms with Crippen LogP contribution >= 0.6 is 0 Å². The van der Waals surface area contributed by atoms with Gasteiger partial charge < -0.3 is 14.6 Å². The highest BCUT2D eigenvalue weighted by Crippen LogP contribution is 2.23. The Balaban J connectivity index is 1.60. The first-order chi connectivity index (χ1) is 12.0. The molecule has 128 valence electrons. The maximum atomic E-state index is 12.2. The molecular formula is C20H20N2O3. The summed E-state index contributed by atoms with van der Waals surface area (Å²) in [5, 5.41) is 6.73. The Morgan fingerprint density at radius 3 is 2.16 bits per heavy atom. The molecule has 0 spiro atoms. The smallest absolute Gasteiger partial charge is 0.228 e. The zero-order valence-corrected chi connectivity index (χ0v) is 14.5. The first kappa shape index (κ1) is 16.8. The molecule has 3 rings (SSSR count). The van der Waals surface area contributed by atoms with Gasteiger partial charge >= 0.3 is 0 Å². The second kappa shape index (κ2) is 7.21. The summed E-state index contributed by atoms with van der Waals surface area (Å²) in [6, 6.07) is 15.1. The Hall–Kier alpha value is -3.08. The summed E-state index contributed by atoms with van der Waals surface area (Å²) in [7, 11) is 0. The molecule has 0 unspecified atom stereocenters. The number of ether oxygens (including phenoxy) is 1. The molecular weight excluding hydrogens is 316 g/mol. The van der Waals surface area contributed by atoms with E-state index in [4.69, 9.17) is 9.26 Å². The lowest BCUT2D eigenvalue weighted by molar-refractivity contribution is -0.115. The molecule has 0 aliphatic heterocycles. The van der Waals surface area contributed by atoms with Crippen molar-refractivity contribution < 1.29 is 14.1 Å². The van der Waals surface area contributed by atoms with Gasteiger partial charge in [-0.2, -0.15) is 0 Å². The van der Waals surface area contributed by atoms with Crippen molar-refractivity contribution in [3.05, 3.63) is 71.1 Å². The molecule has 25 heavy (non-hydrogen) atoms. The number of anilines is 1. The predicted octanol–water partition coefficient (Wildman–Crippen LogP) is 4.57. The molecule has 0 fully saturated rings. The Morgan fingerprint density at radius 2 is 1.60 bits per heavy atom. The lowest BCUT2D eigenvalue weighted by atomic mass is 10.1. The number of carbonyl (C=O) groups excluding carboxylic acids is 1. The van der Waals surface area contributed by atoms with E-state index >= 15 is 0 Å². The number of hydrogen-bond donors (Lipinski definition) is 1. The number of aryl methyl sites for hydroxylation is 3. The third kappa shape index (κ3) is 4.26. The fourth-order valence-electron chi connectivity index (χ4n) is 2.47. The van der Waals surface area contributed by atoms with E-state index in [1.54, 1.807) is 6.92 Å². The van der Waals surface area contributed by atoms with Crippen LogP contribution in [0.15, 0.2) is 53.1 Å². The predicted molar refractivity (Wildman–Crippen MR) is 96.0 cm³/mol. The van der Waals surface area contributed by atoms with Gasteiger partial charge in [-0.1, -0.05) is 22.9 Å². The van der Waals surface area contributed by atoms with E-state index in [9.17, 15) is 4.79 Å². The van der Waals surface area contributed by atoms with Crippen LogP contribution in [0.3, 0.4) is 0 Å². The summed E-state index contributed by atoms with van der Waals surface area (Å²) in [5.41, 5.74) is 3.48. The summed E-state index contributed by atoms with van der Waals surface area (Å²) in [6.45, 7) is 5.67. The monoisotopic (exact) mass is 336 g/mol. The number of amides is 1. The first-order valence-electron chi connectivity index (χ1n) is 8.07. The average molecular weight is 336 g/mol. The largest absolute Gasteiger partial charge is 0.457 e. The van der Waals surface area contributed by atoms with Crippen LogP contribution in [0.4, 0.5) is 5.69 Å². The van der Waals surface area contributed by atoms with Gasteiger partial charge in [-0.15, -0.1) is 0 Å². The van der Waals surface area contributed by atoms with E-state index in [0.29, 0.717) is 17.2 Å². The zero-order chi connectivity index (χ0) is 17.8. The van der Waals surface area contributed by atoms with E-state index in [0.717, 1.165) is 17.0 Å². The fourth-order valence-corrected chi connectivity index (χ4v) is 2.47. The quantitative estimate of drug-likeness (QED) is 0.741. The van der Waals surface area contributed by atoms with Crippen LogP contribution in [0.1, 0.15) is 22.6 Å². The first-order valence-corrected chi connectivity index (χ1v) is 8.07. The number of hydrogen-bond acceptors (Lipinski definition) is 4. The number of aromatic nitrogens is 1. The van der Waals surface area contributed by atoms with Crippen LogP contribution in [-0.4, -0.2) is 11.1 Å². The van der Waals surface area contributed by atoms with Crippen molar-refractivity contribution in [2.24, 2.45) is 0 Å². The van der Waals surface area contributed by atoms with Crippen molar-refractivity contribution >= 4 is 11.6 Å². The lowest BCUT2D eigenvalue weighted by Crippen LogP contribution is -2.15. The molecule has 1 aromatic heterocycles. The third-order valence-corrected chi connectivity index (χ3v) is 3.91. The molecule has 1 heterocycles. The maximum absolute atomic E-state index is 12.2. The van der Waals surface area contributed by atoms with Crippen LogP contribution in [0.5, 0.6) is 11.5 Å². The molecule has 0 aliphatic carbocycles. The van der Waals surface area contributed by atoms with Gasteiger partial charge in [-0.05, 0) is 57.2 Å². The van der Waals surface area contributed by atoms with E-state index < -0.39 is 0 Å². The highest BCUT2D eigenvalue weighted by atomic mass is 16.5. The Kier molecular flexibility index (Phi) is 4.84. The van der Waals surface area contributed by atoms with Crippen molar-refractivity contribution in [2.45, 2.75) is 27.2 Å². The molecule has 1 N–H and O–H groups in total. The van der Waals surface area contributed by atoms with Crippen molar-refractivity contribution in [3.63, 3.8) is 0 Å². The highest BCUT2D eigenvalue weighted by Gasteiger charge is 2.13. The molecule has 2 aromatic carbocycles. The van der Waals surface area contributed by atoms with Crippen molar-refractivity contribution in [1.29, 1.82) is 0 Å². The zero-order valence-electron chi connectivity index (χ0n) is 14.5. The number of benzene rings is 2. The van der Waals surface area contributed by atoms with E-state index in [-0.39, 0.29) is 12.3 Å². The molecule has 0 saturated carbocycles. The molecule has 3 aromatic rings. The second-order valence-corrected chi connectivity index (χ2v) is 5.97. The Labute approximate surface area is 146 Å². The van der Waals surface area contributed by atoms with Gasteiger partial charge in [0.05, 0.1) is 12.1 Å². The normalized spacial score (nSPS) is 10.5. The van der Waals surface area contributed by atoms with Gasteiger partial charge in [-0.25, -0.2) is 0 Å². The molecule has 0 atom stereocenters. The van der Waals surface area contributed by atoms with E-state index in [1.807, 2.05) is 62.4 Å². The van der Waals surface area contributed by atoms with Crippen molar-refractivity contribution in [1.82, 2.24) is 5.16 Å². The second-order valence-electron chi connectivity index (χ2n) is 5.97. The lowest BCUT2D eigenvalue weighted by Gasteiger charge is -2.08. The Bertz CT molecular complexity index is 845. The Morgan fingerprint density at radius 1 is 1.00 bits per heavy atom. The number of rotatable bonds is 5. The van der Waals surface area contributed by atoms with Gasteiger partial charge in [0.25, 0.3) is 0 Å². The molecule has 0 radical (unpaired) electrons. The topological polar surface area (TPSA) is 64.4 Å². The van der Waals surface area contributed by atoms with Gasteiger partial charge in [0, 0.05) is 11.3 Å². The van der Waals surface area contributed by atoms with Gasteiger partial charge in [0.15, 0.2) is 0 Å². The van der Waals surface area contributed by atoms with Crippen LogP contribution < -0.4 is 10.1 Å². The summed E-state index contributed by atoms with van der Waals surface area (Å²) in [5.74, 6) is 2.06. The molecule has 0 bridgehead atoms. The standard InChI is InChI=1S/C20H20N2O3/c1-13-4-8-17(9-5-13)24-18-10-6-16(7-11-18)21-20(23)12-19-14(2)22-25-15(19)3/h4-11H,12H2,1-3H3,(H,21,23). The molecule has 1 amide bonds. The van der Waals surface area contributed by atoms with Gasteiger partial charge in [0.1, 0.15) is 17.3 Å². The van der Waals surface area contributed by atoms with Crippen molar-refractivity contribution in [2.75, 3.05) is 5.32 Å². The van der Waals surface area contributed by atoms with Crippen LogP contribution in [0.25, 0.3) is 0 Å². The molecule has 0 saturated heterocycles. The highest BCUT2D eigenvalue weighted by molar-refractivity contribution is 5.92. The number of nitrogens with one attached hydrogen (secondary N) is 1. The maximum Gasteiger partial charge on any atom is 0.228 e. The third-order valence-electron chi connectivity index (χ3n) is 3.91. The molecule has 5 nitrogen and oxygen atoms in total. The fraction of sp³-hybridized carbons (Fsp3) is 0.200.